The highest BCUT2D eigenvalue weighted by Gasteiger charge is 2.32. The molecule has 1 aromatic rings. The van der Waals surface area contributed by atoms with Crippen molar-refractivity contribution in [3.05, 3.63) is 6.20 Å². The van der Waals surface area contributed by atoms with Gasteiger partial charge < -0.3 is 15.4 Å². The van der Waals surface area contributed by atoms with Gasteiger partial charge in [0.1, 0.15) is 6.23 Å². The number of hydrogen-bond acceptors (Lipinski definition) is 6. The lowest BCUT2D eigenvalue weighted by Crippen LogP contribution is -2.36. The van der Waals surface area contributed by atoms with Crippen molar-refractivity contribution in [2.24, 2.45) is 0 Å². The molecule has 1 saturated heterocycles. The number of nitrogen functional groups attached to an aromatic ring is 1. The van der Waals surface area contributed by atoms with Gasteiger partial charge in [-0.2, -0.15) is 4.98 Å². The second-order valence-corrected chi connectivity index (χ2v) is 5.54. The Morgan fingerprint density at radius 3 is 2.86 bits per heavy atom. The van der Waals surface area contributed by atoms with E-state index in [1.165, 1.54) is 4.90 Å². The third-order valence-electron chi connectivity index (χ3n) is 4.02. The molecule has 2 rings (SSSR count). The molecule has 7 heteroatoms. The van der Waals surface area contributed by atoms with E-state index in [9.17, 15) is 4.79 Å². The fourth-order valence-electron chi connectivity index (χ4n) is 2.69. The first-order valence-electron chi connectivity index (χ1n) is 7.83. The molecule has 2 N–H and O–H groups in total. The van der Waals surface area contributed by atoms with Gasteiger partial charge in [-0.15, -0.1) is 0 Å². The summed E-state index contributed by atoms with van der Waals surface area (Å²) in [6, 6.07) is 0. The second-order valence-electron chi connectivity index (χ2n) is 5.54. The number of hydrogen-bond donors (Lipinski definition) is 1. The largest absolute Gasteiger partial charge is 0.371 e. The average Bonchev–Trinajstić information content (AvgIpc) is 2.96. The molecule has 1 aromatic heterocycles. The summed E-state index contributed by atoms with van der Waals surface area (Å²) < 4.78 is 5.99. The van der Waals surface area contributed by atoms with Gasteiger partial charge >= 0.3 is 0 Å². The molecule has 1 fully saturated rings. The maximum Gasteiger partial charge on any atom is 0.222 e. The molecule has 122 valence electrons. The Hall–Kier alpha value is -1.89. The van der Waals surface area contributed by atoms with Crippen molar-refractivity contribution >= 4 is 23.9 Å². The van der Waals surface area contributed by atoms with Crippen molar-refractivity contribution in [2.45, 2.75) is 51.9 Å². The standard InChI is InChI=1S/C15H25N5O2/c1-4-6-11-7-8-13(22-11)20(10-21)14-12(19(3)5-2)9-17-15(16)18-14/h9-11,13H,4-8H2,1-3H3,(H2,16,17,18). The highest BCUT2D eigenvalue weighted by Crippen LogP contribution is 2.32. The number of nitrogens with zero attached hydrogens (tertiary/aromatic N) is 4. The first kappa shape index (κ1) is 16.5. The highest BCUT2D eigenvalue weighted by atomic mass is 16.5. The van der Waals surface area contributed by atoms with Gasteiger partial charge in [0.25, 0.3) is 0 Å². The summed E-state index contributed by atoms with van der Waals surface area (Å²) >= 11 is 0. The van der Waals surface area contributed by atoms with E-state index < -0.39 is 0 Å². The molecule has 0 aliphatic carbocycles. The monoisotopic (exact) mass is 307 g/mol. The van der Waals surface area contributed by atoms with Gasteiger partial charge in [0.15, 0.2) is 5.82 Å². The van der Waals surface area contributed by atoms with Gasteiger partial charge in [-0.1, -0.05) is 13.3 Å². The van der Waals surface area contributed by atoms with Crippen LogP contribution in [0.15, 0.2) is 6.20 Å². The van der Waals surface area contributed by atoms with Crippen molar-refractivity contribution in [2.75, 3.05) is 29.1 Å². The molecule has 2 heterocycles. The van der Waals surface area contributed by atoms with E-state index in [2.05, 4.69) is 16.9 Å². The van der Waals surface area contributed by atoms with E-state index in [1.807, 2.05) is 18.9 Å². The molecule has 1 aliphatic rings. The number of ether oxygens (including phenoxy) is 1. The molecule has 1 aliphatic heterocycles. The summed E-state index contributed by atoms with van der Waals surface area (Å²) in [7, 11) is 1.93. The minimum atomic E-state index is -0.285. The van der Waals surface area contributed by atoms with Crippen molar-refractivity contribution < 1.29 is 9.53 Å². The zero-order chi connectivity index (χ0) is 16.1. The lowest BCUT2D eigenvalue weighted by Gasteiger charge is -2.28. The number of nitrogens with two attached hydrogens (primary N) is 1. The van der Waals surface area contributed by atoms with Crippen molar-refractivity contribution in [3.63, 3.8) is 0 Å². The average molecular weight is 307 g/mol. The summed E-state index contributed by atoms with van der Waals surface area (Å²) in [5.41, 5.74) is 6.48. The number of carbonyl (C=O) groups is 1. The predicted molar refractivity (Wildman–Crippen MR) is 86.7 cm³/mol. The minimum Gasteiger partial charge on any atom is -0.371 e. The summed E-state index contributed by atoms with van der Waals surface area (Å²) in [6.45, 7) is 4.93. The van der Waals surface area contributed by atoms with Gasteiger partial charge in [-0.05, 0) is 26.2 Å². The molecule has 7 nitrogen and oxygen atoms in total. The lowest BCUT2D eigenvalue weighted by molar-refractivity contribution is -0.110. The minimum absolute atomic E-state index is 0.151. The number of carbonyl (C=O) groups excluding carboxylic acids is 1. The van der Waals surface area contributed by atoms with E-state index in [4.69, 9.17) is 10.5 Å². The van der Waals surface area contributed by atoms with Gasteiger partial charge in [-0.3, -0.25) is 9.69 Å². The first-order valence-corrected chi connectivity index (χ1v) is 7.83. The van der Waals surface area contributed by atoms with E-state index in [0.717, 1.165) is 44.3 Å². The van der Waals surface area contributed by atoms with Crippen molar-refractivity contribution in [1.82, 2.24) is 9.97 Å². The maximum absolute atomic E-state index is 11.7. The highest BCUT2D eigenvalue weighted by molar-refractivity contribution is 5.81. The van der Waals surface area contributed by atoms with Crippen LogP contribution in [-0.4, -0.2) is 42.3 Å². The first-order chi connectivity index (χ1) is 10.6. The van der Waals surface area contributed by atoms with E-state index in [-0.39, 0.29) is 18.3 Å². The maximum atomic E-state index is 11.7. The van der Waals surface area contributed by atoms with Crippen LogP contribution >= 0.6 is 0 Å². The molecular weight excluding hydrogens is 282 g/mol. The molecule has 0 radical (unpaired) electrons. The second kappa shape index (κ2) is 7.40. The Labute approximate surface area is 131 Å². The van der Waals surface area contributed by atoms with Crippen LogP contribution in [-0.2, 0) is 9.53 Å². The summed E-state index contributed by atoms with van der Waals surface area (Å²) in [5.74, 6) is 0.659. The number of amides is 1. The fourth-order valence-corrected chi connectivity index (χ4v) is 2.69. The molecule has 0 saturated carbocycles. The quantitative estimate of drug-likeness (QED) is 0.773. The molecule has 2 atom stereocenters. The Morgan fingerprint density at radius 1 is 1.45 bits per heavy atom. The van der Waals surface area contributed by atoms with Crippen LogP contribution < -0.4 is 15.5 Å². The number of anilines is 3. The third kappa shape index (κ3) is 3.47. The Kier molecular flexibility index (Phi) is 5.54. The van der Waals surface area contributed by atoms with Crippen LogP contribution in [0.2, 0.25) is 0 Å². The Bertz CT molecular complexity index is 511. The number of rotatable bonds is 7. The van der Waals surface area contributed by atoms with E-state index in [0.29, 0.717) is 5.82 Å². The Morgan fingerprint density at radius 2 is 2.23 bits per heavy atom. The van der Waals surface area contributed by atoms with Gasteiger partial charge in [0, 0.05) is 13.6 Å². The predicted octanol–water partition coefficient (Wildman–Crippen LogP) is 1.78. The van der Waals surface area contributed by atoms with Crippen molar-refractivity contribution in [3.8, 4) is 0 Å². The molecular formula is C15H25N5O2. The topological polar surface area (TPSA) is 84.6 Å². The van der Waals surface area contributed by atoms with Gasteiger partial charge in [0.2, 0.25) is 12.4 Å². The zero-order valence-corrected chi connectivity index (χ0v) is 13.5. The van der Waals surface area contributed by atoms with Crippen LogP contribution in [0.5, 0.6) is 0 Å². The van der Waals surface area contributed by atoms with Crippen LogP contribution in [0.4, 0.5) is 17.5 Å². The van der Waals surface area contributed by atoms with Crippen LogP contribution in [0.3, 0.4) is 0 Å². The number of aromatic nitrogens is 2. The molecule has 0 spiro atoms. The molecule has 0 bridgehead atoms. The normalized spacial score (nSPS) is 20.9. The smallest absolute Gasteiger partial charge is 0.222 e. The van der Waals surface area contributed by atoms with Crippen LogP contribution in [0.25, 0.3) is 0 Å². The SMILES string of the molecule is CCCC1CCC(N(C=O)c2nc(N)ncc2N(C)CC)O1. The van der Waals surface area contributed by atoms with Gasteiger partial charge in [0.05, 0.1) is 18.0 Å². The van der Waals surface area contributed by atoms with E-state index in [1.54, 1.807) is 6.20 Å². The zero-order valence-electron chi connectivity index (χ0n) is 13.5. The van der Waals surface area contributed by atoms with Crippen LogP contribution in [0, 0.1) is 0 Å². The third-order valence-corrected chi connectivity index (χ3v) is 4.02. The van der Waals surface area contributed by atoms with Crippen LogP contribution in [0.1, 0.15) is 39.5 Å². The Balaban J connectivity index is 2.27. The lowest BCUT2D eigenvalue weighted by atomic mass is 10.1. The molecule has 0 aromatic carbocycles. The molecule has 1 amide bonds. The van der Waals surface area contributed by atoms with E-state index >= 15 is 0 Å². The summed E-state index contributed by atoms with van der Waals surface area (Å²) in [4.78, 5) is 23.5. The molecule has 2 unspecified atom stereocenters. The van der Waals surface area contributed by atoms with Crippen molar-refractivity contribution in [1.29, 1.82) is 0 Å². The summed E-state index contributed by atoms with van der Waals surface area (Å²) in [5, 5.41) is 0. The molecule has 22 heavy (non-hydrogen) atoms. The summed E-state index contributed by atoms with van der Waals surface area (Å²) in [6.07, 6.45) is 6.20. The fraction of sp³-hybridized carbons (Fsp3) is 0.667. The van der Waals surface area contributed by atoms with Gasteiger partial charge in [-0.25, -0.2) is 4.98 Å².